The Hall–Kier alpha value is -1.62. The molecule has 2 atom stereocenters. The van der Waals surface area contributed by atoms with Crippen LogP contribution in [0.3, 0.4) is 0 Å². The lowest BCUT2D eigenvalue weighted by Gasteiger charge is -2.17. The summed E-state index contributed by atoms with van der Waals surface area (Å²) in [7, 11) is 1.41. The summed E-state index contributed by atoms with van der Waals surface area (Å²) in [6.45, 7) is 1.64. The molecule has 0 aliphatic rings. The number of aliphatic hydroxyl groups is 1. The van der Waals surface area contributed by atoms with Crippen LogP contribution in [-0.2, 0) is 9.53 Å². The quantitative estimate of drug-likeness (QED) is 0.797. The van der Waals surface area contributed by atoms with E-state index in [1.807, 2.05) is 0 Å². The molecular weight excluding hydrogens is 227 g/mol. The summed E-state index contributed by atoms with van der Waals surface area (Å²) in [6.07, 6.45) is -3.71. The number of alkyl halides is 1. The minimum atomic E-state index is -2.12. The van der Waals surface area contributed by atoms with Gasteiger partial charge < -0.3 is 14.6 Å². The van der Waals surface area contributed by atoms with Gasteiger partial charge in [-0.05, 0) is 13.0 Å². The number of ether oxygens (including phenoxy) is 2. The molecule has 0 aromatic heterocycles. The molecule has 0 saturated heterocycles. The van der Waals surface area contributed by atoms with E-state index in [-0.39, 0.29) is 12.2 Å². The van der Waals surface area contributed by atoms with Crippen LogP contribution in [0.1, 0.15) is 18.6 Å². The molecule has 4 nitrogen and oxygen atoms in total. The Morgan fingerprint density at radius 1 is 1.47 bits per heavy atom. The van der Waals surface area contributed by atoms with Gasteiger partial charge in [0.1, 0.15) is 11.9 Å². The van der Waals surface area contributed by atoms with E-state index in [1.165, 1.54) is 13.2 Å². The summed E-state index contributed by atoms with van der Waals surface area (Å²) in [5, 5.41) is 9.74. The largest absolute Gasteiger partial charge is 0.496 e. The van der Waals surface area contributed by atoms with Crippen LogP contribution in [0.25, 0.3) is 0 Å². The summed E-state index contributed by atoms with van der Waals surface area (Å²) in [6, 6.07) is 6.39. The fourth-order valence-electron chi connectivity index (χ4n) is 1.42. The Balaban J connectivity index is 2.88. The number of benzene rings is 1. The smallest absolute Gasteiger partial charge is 0.343 e. The van der Waals surface area contributed by atoms with Gasteiger partial charge in [0.15, 0.2) is 0 Å². The van der Waals surface area contributed by atoms with Crippen LogP contribution >= 0.6 is 0 Å². The van der Waals surface area contributed by atoms with Crippen molar-refractivity contribution in [3.05, 3.63) is 29.8 Å². The molecule has 0 unspecified atom stereocenters. The molecule has 0 fully saturated rings. The first-order valence-electron chi connectivity index (χ1n) is 5.23. The highest BCUT2D eigenvalue weighted by molar-refractivity contribution is 5.75. The third-order valence-electron chi connectivity index (χ3n) is 2.25. The summed E-state index contributed by atoms with van der Waals surface area (Å²) in [5.74, 6) is -0.752. The van der Waals surface area contributed by atoms with Gasteiger partial charge in [0.05, 0.1) is 13.7 Å². The second kappa shape index (κ2) is 6.20. The van der Waals surface area contributed by atoms with Crippen molar-refractivity contribution in [1.29, 1.82) is 0 Å². The zero-order chi connectivity index (χ0) is 12.8. The second-order valence-electron chi connectivity index (χ2n) is 3.34. The van der Waals surface area contributed by atoms with Gasteiger partial charge in [-0.25, -0.2) is 9.18 Å². The van der Waals surface area contributed by atoms with E-state index in [0.29, 0.717) is 5.75 Å². The summed E-state index contributed by atoms with van der Waals surface area (Å²) in [4.78, 5) is 11.2. The lowest BCUT2D eigenvalue weighted by molar-refractivity contribution is -0.153. The molecule has 0 aliphatic heterocycles. The Morgan fingerprint density at radius 3 is 2.71 bits per heavy atom. The number of hydrogen-bond acceptors (Lipinski definition) is 4. The average molecular weight is 242 g/mol. The maximum atomic E-state index is 13.6. The first-order chi connectivity index (χ1) is 8.11. The third kappa shape index (κ3) is 3.17. The first-order valence-corrected chi connectivity index (χ1v) is 5.23. The van der Waals surface area contributed by atoms with Crippen molar-refractivity contribution in [2.24, 2.45) is 0 Å². The number of esters is 1. The lowest BCUT2D eigenvalue weighted by Crippen LogP contribution is -2.26. The molecule has 0 bridgehead atoms. The molecular formula is C12H15FO4. The second-order valence-corrected chi connectivity index (χ2v) is 3.34. The number of carbonyl (C=O) groups is 1. The van der Waals surface area contributed by atoms with E-state index >= 15 is 0 Å². The van der Waals surface area contributed by atoms with Crippen LogP contribution in [0.5, 0.6) is 5.75 Å². The van der Waals surface area contributed by atoms with Gasteiger partial charge in [-0.1, -0.05) is 18.2 Å². The number of carbonyl (C=O) groups excluding carboxylic acids is 1. The molecule has 0 heterocycles. The van der Waals surface area contributed by atoms with Crippen molar-refractivity contribution in [3.63, 3.8) is 0 Å². The molecule has 0 radical (unpaired) electrons. The van der Waals surface area contributed by atoms with Gasteiger partial charge in [0.2, 0.25) is 6.17 Å². The Bertz CT molecular complexity index is 381. The number of halogens is 1. The minimum absolute atomic E-state index is 0.0674. The van der Waals surface area contributed by atoms with Crippen molar-refractivity contribution in [3.8, 4) is 5.75 Å². The molecule has 1 N–H and O–H groups in total. The predicted molar refractivity (Wildman–Crippen MR) is 59.5 cm³/mol. The van der Waals surface area contributed by atoms with Crippen LogP contribution in [0.2, 0.25) is 0 Å². The fourth-order valence-corrected chi connectivity index (χ4v) is 1.42. The minimum Gasteiger partial charge on any atom is -0.496 e. The average Bonchev–Trinajstić information content (AvgIpc) is 2.37. The predicted octanol–water partition coefficient (Wildman–Crippen LogP) is 1.63. The molecule has 1 rings (SSSR count). The zero-order valence-corrected chi connectivity index (χ0v) is 9.72. The maximum Gasteiger partial charge on any atom is 0.343 e. The van der Waals surface area contributed by atoms with Crippen LogP contribution in [-0.4, -0.2) is 31.0 Å². The van der Waals surface area contributed by atoms with Crippen molar-refractivity contribution < 1.29 is 23.8 Å². The van der Waals surface area contributed by atoms with E-state index in [9.17, 15) is 14.3 Å². The molecule has 1 aromatic rings. The number of hydrogen-bond donors (Lipinski definition) is 1. The van der Waals surface area contributed by atoms with E-state index in [2.05, 4.69) is 4.74 Å². The Labute approximate surface area is 99.0 Å². The van der Waals surface area contributed by atoms with Gasteiger partial charge in [-0.3, -0.25) is 0 Å². The maximum absolute atomic E-state index is 13.6. The monoisotopic (exact) mass is 242 g/mol. The fraction of sp³-hybridized carbons (Fsp3) is 0.417. The third-order valence-corrected chi connectivity index (χ3v) is 2.25. The van der Waals surface area contributed by atoms with Crippen molar-refractivity contribution >= 4 is 5.97 Å². The van der Waals surface area contributed by atoms with Crippen LogP contribution in [0, 0.1) is 0 Å². The highest BCUT2D eigenvalue weighted by Gasteiger charge is 2.30. The van der Waals surface area contributed by atoms with Gasteiger partial charge in [0.25, 0.3) is 0 Å². The van der Waals surface area contributed by atoms with Crippen molar-refractivity contribution in [1.82, 2.24) is 0 Å². The molecule has 0 saturated carbocycles. The van der Waals surface area contributed by atoms with Crippen LogP contribution in [0.4, 0.5) is 4.39 Å². The van der Waals surface area contributed by atoms with Crippen molar-refractivity contribution in [2.75, 3.05) is 13.7 Å². The standard InChI is InChI=1S/C12H15FO4/c1-3-17-12(15)10(13)11(14)8-6-4-5-7-9(8)16-2/h4-7,10-11,14H,3H2,1-2H3/t10-,11+/m0/s1. The molecule has 0 amide bonds. The molecule has 1 aromatic carbocycles. The highest BCUT2D eigenvalue weighted by Crippen LogP contribution is 2.28. The molecule has 0 spiro atoms. The summed E-state index contributed by atoms with van der Waals surface area (Å²) >= 11 is 0. The van der Waals surface area contributed by atoms with E-state index < -0.39 is 18.2 Å². The number of rotatable bonds is 5. The van der Waals surface area contributed by atoms with E-state index in [1.54, 1.807) is 25.1 Å². The molecule has 0 aliphatic carbocycles. The Kier molecular flexibility index (Phi) is 4.90. The number of methoxy groups -OCH3 is 1. The van der Waals surface area contributed by atoms with Gasteiger partial charge in [0, 0.05) is 5.56 Å². The summed E-state index contributed by atoms with van der Waals surface area (Å²) < 4.78 is 23.1. The SMILES string of the molecule is CCOC(=O)[C@@H](F)[C@H](O)c1ccccc1OC. The highest BCUT2D eigenvalue weighted by atomic mass is 19.1. The van der Waals surface area contributed by atoms with Gasteiger partial charge in [-0.15, -0.1) is 0 Å². The number of para-hydroxylation sites is 1. The number of aliphatic hydroxyl groups excluding tert-OH is 1. The van der Waals surface area contributed by atoms with Crippen molar-refractivity contribution in [2.45, 2.75) is 19.2 Å². The van der Waals surface area contributed by atoms with Gasteiger partial charge >= 0.3 is 5.97 Å². The normalized spacial score (nSPS) is 13.9. The lowest BCUT2D eigenvalue weighted by atomic mass is 10.0. The van der Waals surface area contributed by atoms with Crippen LogP contribution in [0.15, 0.2) is 24.3 Å². The molecule has 5 heteroatoms. The topological polar surface area (TPSA) is 55.8 Å². The zero-order valence-electron chi connectivity index (χ0n) is 9.72. The van der Waals surface area contributed by atoms with E-state index in [0.717, 1.165) is 0 Å². The Morgan fingerprint density at radius 2 is 2.12 bits per heavy atom. The summed E-state index contributed by atoms with van der Waals surface area (Å²) in [5.41, 5.74) is 0.218. The first kappa shape index (κ1) is 13.4. The van der Waals surface area contributed by atoms with Crippen LogP contribution < -0.4 is 4.74 Å². The van der Waals surface area contributed by atoms with Gasteiger partial charge in [-0.2, -0.15) is 0 Å². The molecule has 94 valence electrons. The van der Waals surface area contributed by atoms with E-state index in [4.69, 9.17) is 4.74 Å². The molecule has 17 heavy (non-hydrogen) atoms.